The topological polar surface area (TPSA) is 81.2 Å². The number of benzene rings is 2. The molecule has 8 heteroatoms. The van der Waals surface area contributed by atoms with Crippen molar-refractivity contribution in [3.05, 3.63) is 89.5 Å². The van der Waals surface area contributed by atoms with Gasteiger partial charge in [-0.1, -0.05) is 73.7 Å². The van der Waals surface area contributed by atoms with E-state index >= 15 is 0 Å². The van der Waals surface area contributed by atoms with Gasteiger partial charge in [-0.2, -0.15) is 0 Å². The number of nitrogens with zero attached hydrogens (tertiary/aromatic N) is 3. The highest BCUT2D eigenvalue weighted by Gasteiger charge is 2.74. The second-order valence-electron chi connectivity index (χ2n) is 12.6. The molecule has 1 unspecified atom stereocenters. The van der Waals surface area contributed by atoms with Crippen LogP contribution in [0.1, 0.15) is 37.0 Å². The Morgan fingerprint density at radius 3 is 2.42 bits per heavy atom. The first-order valence-electron chi connectivity index (χ1n) is 15.3. The number of aryl methyl sites for hydroxylation is 2. The van der Waals surface area contributed by atoms with E-state index in [0.717, 1.165) is 28.8 Å². The van der Waals surface area contributed by atoms with E-state index in [0.29, 0.717) is 26.1 Å². The van der Waals surface area contributed by atoms with Gasteiger partial charge in [0.25, 0.3) is 5.91 Å². The van der Waals surface area contributed by atoms with E-state index in [1.807, 2.05) is 86.4 Å². The first-order chi connectivity index (χ1) is 20.6. The Labute approximate surface area is 258 Å². The van der Waals surface area contributed by atoms with Gasteiger partial charge in [0.05, 0.1) is 29.2 Å². The molecule has 0 radical (unpaired) electrons. The van der Waals surface area contributed by atoms with Crippen molar-refractivity contribution in [1.82, 2.24) is 9.80 Å². The number of rotatable bonds is 7. The highest BCUT2D eigenvalue weighted by molar-refractivity contribution is 8.02. The van der Waals surface area contributed by atoms with Gasteiger partial charge in [-0.15, -0.1) is 11.8 Å². The van der Waals surface area contributed by atoms with Crippen LogP contribution in [0.25, 0.3) is 0 Å². The van der Waals surface area contributed by atoms with Gasteiger partial charge in [-0.25, -0.2) is 0 Å². The number of carbonyl (C=O) groups excluding carboxylic acids is 3. The minimum Gasteiger partial charge on any atom is -0.394 e. The van der Waals surface area contributed by atoms with Crippen LogP contribution in [0.5, 0.6) is 0 Å². The number of carbonyl (C=O) groups is 3. The zero-order valence-corrected chi connectivity index (χ0v) is 26.2. The van der Waals surface area contributed by atoms with Crippen LogP contribution in [0.3, 0.4) is 0 Å². The molecule has 2 fully saturated rings. The molecule has 2 aromatic carbocycles. The zero-order chi connectivity index (χ0) is 30.5. The van der Waals surface area contributed by atoms with E-state index in [-0.39, 0.29) is 24.3 Å². The Kier molecular flexibility index (Phi) is 7.80. The average Bonchev–Trinajstić information content (AvgIpc) is 3.27. The normalized spacial score (nSPS) is 30.7. The van der Waals surface area contributed by atoms with Crippen molar-refractivity contribution in [1.29, 1.82) is 0 Å². The molecule has 43 heavy (non-hydrogen) atoms. The van der Waals surface area contributed by atoms with Crippen LogP contribution in [0.2, 0.25) is 0 Å². The second kappa shape index (κ2) is 11.3. The van der Waals surface area contributed by atoms with Gasteiger partial charge >= 0.3 is 0 Å². The van der Waals surface area contributed by atoms with E-state index in [1.54, 1.807) is 21.6 Å². The molecule has 4 heterocycles. The highest BCUT2D eigenvalue weighted by Crippen LogP contribution is 2.66. The zero-order valence-electron chi connectivity index (χ0n) is 25.4. The summed E-state index contributed by atoms with van der Waals surface area (Å²) in [6.07, 6.45) is 9.43. The predicted molar refractivity (Wildman–Crippen MR) is 171 cm³/mol. The van der Waals surface area contributed by atoms with E-state index in [1.165, 1.54) is 0 Å². The number of aliphatic hydroxyl groups is 1. The summed E-state index contributed by atoms with van der Waals surface area (Å²) >= 11 is 1.59. The van der Waals surface area contributed by atoms with Gasteiger partial charge in [-0.05, 0) is 56.4 Å². The molecule has 4 aliphatic rings. The van der Waals surface area contributed by atoms with Crippen molar-refractivity contribution in [3.63, 3.8) is 0 Å². The largest absolute Gasteiger partial charge is 0.394 e. The van der Waals surface area contributed by atoms with Gasteiger partial charge < -0.3 is 19.8 Å². The molecule has 1 spiro atoms. The van der Waals surface area contributed by atoms with Gasteiger partial charge in [0, 0.05) is 30.1 Å². The van der Waals surface area contributed by atoms with E-state index in [2.05, 4.69) is 19.1 Å². The summed E-state index contributed by atoms with van der Waals surface area (Å²) in [5.41, 5.74) is 3.81. The third kappa shape index (κ3) is 4.74. The van der Waals surface area contributed by atoms with Crippen molar-refractivity contribution < 1.29 is 19.5 Å². The van der Waals surface area contributed by atoms with Gasteiger partial charge in [0.15, 0.2) is 0 Å². The maximum Gasteiger partial charge on any atom is 0.251 e. The van der Waals surface area contributed by atoms with Crippen molar-refractivity contribution in [2.24, 2.45) is 11.8 Å². The van der Waals surface area contributed by atoms with Crippen LogP contribution < -0.4 is 4.90 Å². The van der Waals surface area contributed by atoms with Crippen molar-refractivity contribution in [2.75, 3.05) is 31.1 Å². The lowest BCUT2D eigenvalue weighted by molar-refractivity contribution is -0.145. The lowest BCUT2D eigenvalue weighted by Crippen LogP contribution is -2.57. The summed E-state index contributed by atoms with van der Waals surface area (Å²) in [6, 6.07) is 14.3. The fraction of sp³-hybridized carbons (Fsp3) is 0.457. The summed E-state index contributed by atoms with van der Waals surface area (Å²) in [4.78, 5) is 49.4. The Morgan fingerprint density at radius 1 is 0.953 bits per heavy atom. The number of thioether (sulfide) groups is 1. The second-order valence-corrected chi connectivity index (χ2v) is 14.4. The summed E-state index contributed by atoms with van der Waals surface area (Å²) in [5, 5.41) is 10.8. The molecule has 2 aromatic rings. The third-order valence-corrected chi connectivity index (χ3v) is 11.4. The lowest BCUT2D eigenvalue weighted by atomic mass is 9.74. The summed E-state index contributed by atoms with van der Waals surface area (Å²) < 4.78 is -1.61. The number of hydrogen-bond donors (Lipinski definition) is 1. The molecule has 2 saturated heterocycles. The number of anilines is 1. The number of hydrogen-bond acceptors (Lipinski definition) is 5. The monoisotopic (exact) mass is 599 g/mol. The molecule has 0 bridgehead atoms. The molecular weight excluding hydrogens is 558 g/mol. The van der Waals surface area contributed by atoms with Crippen LogP contribution in [0.4, 0.5) is 5.69 Å². The molecular formula is C35H41N3O4S. The van der Waals surface area contributed by atoms with Gasteiger partial charge in [0.1, 0.15) is 6.04 Å². The van der Waals surface area contributed by atoms with Crippen LogP contribution in [0.15, 0.2) is 72.8 Å². The molecule has 6 atom stereocenters. The summed E-state index contributed by atoms with van der Waals surface area (Å²) in [7, 11) is 0. The number of amides is 3. The smallest absolute Gasteiger partial charge is 0.251 e. The average molecular weight is 600 g/mol. The van der Waals surface area contributed by atoms with Gasteiger partial charge in [-0.3, -0.25) is 14.4 Å². The lowest BCUT2D eigenvalue weighted by Gasteiger charge is -2.40. The minimum atomic E-state index is -0.959. The number of aliphatic hydroxyl groups excluding tert-OH is 1. The maximum absolute atomic E-state index is 15.0. The maximum atomic E-state index is 15.0. The number of fused-ring (bicyclic) bond motifs is 2. The molecule has 4 aliphatic heterocycles. The summed E-state index contributed by atoms with van der Waals surface area (Å²) in [6.45, 7) is 9.31. The Bertz CT molecular complexity index is 1490. The van der Waals surface area contributed by atoms with Crippen molar-refractivity contribution in [3.8, 4) is 0 Å². The first-order valence-corrected chi connectivity index (χ1v) is 16.2. The van der Waals surface area contributed by atoms with Crippen molar-refractivity contribution >= 4 is 35.2 Å². The van der Waals surface area contributed by atoms with Crippen molar-refractivity contribution in [2.45, 2.75) is 62.1 Å². The third-order valence-electron chi connectivity index (χ3n) is 9.65. The standard InChI is InChI=1S/C35H41N3O4S/c1-5-17-36-18-9-15-34(4)28(31(36)40)29-32(41)38(26(22-39)21-25-11-7-6-8-12-25)30-33(42)37(19-10-16-35(29,30)43-34)27-20-23(2)13-14-24(27)3/h6-16,20,26,28-30,39H,5,17-19,21-22H2,1-4H3/t26-,28-,29+,30?,34+,35+/m1/s1. The van der Waals surface area contributed by atoms with Gasteiger partial charge in [0.2, 0.25) is 11.8 Å². The summed E-state index contributed by atoms with van der Waals surface area (Å²) in [5.74, 6) is -1.77. The molecule has 1 N–H and O–H groups in total. The molecule has 3 amide bonds. The Hall–Kier alpha value is -3.36. The SMILES string of the molecule is CCCN1CC=C[C@]2(C)S[C@]34C=CCN(c5cc(C)ccc5C)C(=O)C3N([C@@H](CO)Cc3ccccc3)C(=O)[C@@H]4[C@@H]2C1=O. The fourth-order valence-corrected chi connectivity index (χ4v) is 9.88. The minimum absolute atomic E-state index is 0.0298. The molecule has 0 saturated carbocycles. The molecule has 7 nitrogen and oxygen atoms in total. The first kappa shape index (κ1) is 29.7. The van der Waals surface area contributed by atoms with Crippen LogP contribution >= 0.6 is 11.8 Å². The fourth-order valence-electron chi connectivity index (χ4n) is 7.74. The Balaban J connectivity index is 1.51. The van der Waals surface area contributed by atoms with Crippen LogP contribution in [-0.4, -0.2) is 80.4 Å². The molecule has 0 aliphatic carbocycles. The molecule has 6 rings (SSSR count). The van der Waals surface area contributed by atoms with Crippen LogP contribution in [0, 0.1) is 25.7 Å². The molecule has 0 aromatic heterocycles. The predicted octanol–water partition coefficient (Wildman–Crippen LogP) is 4.31. The van der Waals surface area contributed by atoms with E-state index in [9.17, 15) is 19.5 Å². The quantitative estimate of drug-likeness (QED) is 0.480. The van der Waals surface area contributed by atoms with E-state index in [4.69, 9.17) is 0 Å². The number of likely N-dealkylation sites (tertiary alicyclic amines) is 1. The highest BCUT2D eigenvalue weighted by atomic mass is 32.2. The molecule has 226 valence electrons. The van der Waals surface area contributed by atoms with Crippen LogP contribution in [-0.2, 0) is 20.8 Å². The van der Waals surface area contributed by atoms with E-state index < -0.39 is 33.4 Å². The Morgan fingerprint density at radius 2 is 1.70 bits per heavy atom.